The van der Waals surface area contributed by atoms with Crippen LogP contribution in [0.25, 0.3) is 0 Å². The van der Waals surface area contributed by atoms with E-state index in [-0.39, 0.29) is 11.7 Å². The standard InChI is InChI=1S/C25H29FN2O/c1-2-3-7-16-28(25(29)18-21-12-14-23(26)15-13-21)20-24-11-8-17-27(24)19-22-9-5-4-6-10-22/h4-6,8-15,17H,2-3,7,16,18-20H2,1H3. The predicted molar refractivity (Wildman–Crippen MR) is 115 cm³/mol. The normalized spacial score (nSPS) is 10.8. The molecule has 1 amide bonds. The molecule has 0 spiro atoms. The number of halogens is 1. The molecule has 0 saturated carbocycles. The summed E-state index contributed by atoms with van der Waals surface area (Å²) in [7, 11) is 0. The first-order valence-electron chi connectivity index (χ1n) is 10.4. The number of hydrogen-bond donors (Lipinski definition) is 0. The molecule has 152 valence electrons. The van der Waals surface area contributed by atoms with E-state index in [0.717, 1.165) is 43.6 Å². The van der Waals surface area contributed by atoms with Crippen LogP contribution in [-0.2, 0) is 24.3 Å². The average Bonchev–Trinajstić information content (AvgIpc) is 3.16. The zero-order chi connectivity index (χ0) is 20.5. The number of aromatic nitrogens is 1. The minimum absolute atomic E-state index is 0.0835. The highest BCUT2D eigenvalue weighted by Gasteiger charge is 2.16. The van der Waals surface area contributed by atoms with Crippen LogP contribution >= 0.6 is 0 Å². The monoisotopic (exact) mass is 392 g/mol. The highest BCUT2D eigenvalue weighted by atomic mass is 19.1. The molecule has 0 bridgehead atoms. The van der Waals surface area contributed by atoms with E-state index < -0.39 is 0 Å². The zero-order valence-corrected chi connectivity index (χ0v) is 17.1. The smallest absolute Gasteiger partial charge is 0.227 e. The summed E-state index contributed by atoms with van der Waals surface area (Å²) in [6.07, 6.45) is 5.57. The fourth-order valence-corrected chi connectivity index (χ4v) is 3.46. The van der Waals surface area contributed by atoms with Crippen LogP contribution in [0.4, 0.5) is 4.39 Å². The number of carbonyl (C=O) groups is 1. The van der Waals surface area contributed by atoms with Gasteiger partial charge in [-0.2, -0.15) is 0 Å². The Morgan fingerprint density at radius 1 is 0.931 bits per heavy atom. The Morgan fingerprint density at radius 2 is 1.69 bits per heavy atom. The third kappa shape index (κ3) is 6.31. The second-order valence-electron chi connectivity index (χ2n) is 7.44. The van der Waals surface area contributed by atoms with Gasteiger partial charge >= 0.3 is 0 Å². The highest BCUT2D eigenvalue weighted by Crippen LogP contribution is 2.14. The summed E-state index contributed by atoms with van der Waals surface area (Å²) in [5.74, 6) is -0.195. The Bertz CT molecular complexity index is 887. The lowest BCUT2D eigenvalue weighted by Crippen LogP contribution is -2.33. The molecule has 0 saturated heterocycles. The SMILES string of the molecule is CCCCCN(Cc1cccn1Cc1ccccc1)C(=O)Cc1ccc(F)cc1. The number of hydrogen-bond acceptors (Lipinski definition) is 1. The van der Waals surface area contributed by atoms with Crippen molar-refractivity contribution in [1.29, 1.82) is 0 Å². The summed E-state index contributed by atoms with van der Waals surface area (Å²) >= 11 is 0. The van der Waals surface area contributed by atoms with Gasteiger partial charge in [-0.15, -0.1) is 0 Å². The molecule has 0 aliphatic carbocycles. The molecule has 0 atom stereocenters. The molecule has 1 heterocycles. The number of rotatable bonds is 10. The molecule has 4 heteroatoms. The van der Waals surface area contributed by atoms with Crippen molar-refractivity contribution in [2.24, 2.45) is 0 Å². The van der Waals surface area contributed by atoms with E-state index in [1.54, 1.807) is 12.1 Å². The van der Waals surface area contributed by atoms with Gasteiger partial charge in [0.05, 0.1) is 13.0 Å². The number of benzene rings is 2. The number of carbonyl (C=O) groups excluding carboxylic acids is 1. The lowest BCUT2D eigenvalue weighted by Gasteiger charge is -2.24. The van der Waals surface area contributed by atoms with Crippen molar-refractivity contribution in [2.45, 2.75) is 45.7 Å². The second-order valence-corrected chi connectivity index (χ2v) is 7.44. The second kappa shape index (κ2) is 10.6. The maximum absolute atomic E-state index is 13.2. The maximum Gasteiger partial charge on any atom is 0.227 e. The molecule has 0 aliphatic heterocycles. The van der Waals surface area contributed by atoms with E-state index in [0.29, 0.717) is 13.0 Å². The third-order valence-corrected chi connectivity index (χ3v) is 5.13. The van der Waals surface area contributed by atoms with Crippen molar-refractivity contribution in [3.63, 3.8) is 0 Å². The van der Waals surface area contributed by atoms with E-state index in [1.807, 2.05) is 29.2 Å². The Labute approximate surface area is 172 Å². The number of nitrogens with zero attached hydrogens (tertiary/aromatic N) is 2. The summed E-state index contributed by atoms with van der Waals surface area (Å²) in [5, 5.41) is 0. The van der Waals surface area contributed by atoms with E-state index in [4.69, 9.17) is 0 Å². The summed E-state index contributed by atoms with van der Waals surface area (Å²) in [6.45, 7) is 4.28. The van der Waals surface area contributed by atoms with Gasteiger partial charge in [0.1, 0.15) is 5.82 Å². The van der Waals surface area contributed by atoms with E-state index in [2.05, 4.69) is 35.9 Å². The highest BCUT2D eigenvalue weighted by molar-refractivity contribution is 5.78. The fourth-order valence-electron chi connectivity index (χ4n) is 3.46. The van der Waals surface area contributed by atoms with Crippen LogP contribution in [0.5, 0.6) is 0 Å². The van der Waals surface area contributed by atoms with Gasteiger partial charge in [0.15, 0.2) is 0 Å². The molecule has 2 aromatic carbocycles. The zero-order valence-electron chi connectivity index (χ0n) is 17.1. The van der Waals surface area contributed by atoms with Crippen molar-refractivity contribution in [3.05, 3.63) is 95.6 Å². The molecular weight excluding hydrogens is 363 g/mol. The van der Waals surface area contributed by atoms with Crippen LogP contribution in [0, 0.1) is 5.82 Å². The van der Waals surface area contributed by atoms with Crippen LogP contribution in [0.1, 0.15) is 43.0 Å². The number of amides is 1. The fraction of sp³-hybridized carbons (Fsp3) is 0.320. The first kappa shape index (κ1) is 20.8. The molecule has 0 fully saturated rings. The van der Waals surface area contributed by atoms with Crippen LogP contribution in [0.3, 0.4) is 0 Å². The predicted octanol–water partition coefficient (Wildman–Crippen LogP) is 5.44. The summed E-state index contributed by atoms with van der Waals surface area (Å²) in [4.78, 5) is 15.0. The molecule has 3 nitrogen and oxygen atoms in total. The lowest BCUT2D eigenvalue weighted by atomic mass is 10.1. The van der Waals surface area contributed by atoms with E-state index in [9.17, 15) is 9.18 Å². The molecule has 1 aromatic heterocycles. The van der Waals surface area contributed by atoms with Gasteiger partial charge in [-0.25, -0.2) is 4.39 Å². The van der Waals surface area contributed by atoms with Crippen LogP contribution in [0.2, 0.25) is 0 Å². The topological polar surface area (TPSA) is 25.2 Å². The third-order valence-electron chi connectivity index (χ3n) is 5.13. The van der Waals surface area contributed by atoms with Crippen molar-refractivity contribution < 1.29 is 9.18 Å². The van der Waals surface area contributed by atoms with Gasteiger partial charge in [0.25, 0.3) is 0 Å². The van der Waals surface area contributed by atoms with Crippen LogP contribution in [-0.4, -0.2) is 21.9 Å². The summed E-state index contributed by atoms with van der Waals surface area (Å²) in [6, 6.07) is 20.7. The average molecular weight is 393 g/mol. The Morgan fingerprint density at radius 3 is 2.41 bits per heavy atom. The Kier molecular flexibility index (Phi) is 7.62. The van der Waals surface area contributed by atoms with Gasteiger partial charge in [-0.05, 0) is 41.8 Å². The van der Waals surface area contributed by atoms with Crippen molar-refractivity contribution in [3.8, 4) is 0 Å². The number of unbranched alkanes of at least 4 members (excludes halogenated alkanes) is 2. The molecule has 3 aromatic rings. The van der Waals surface area contributed by atoms with Gasteiger partial charge < -0.3 is 9.47 Å². The molecular formula is C25H29FN2O. The van der Waals surface area contributed by atoms with E-state index in [1.165, 1.54) is 17.7 Å². The molecule has 29 heavy (non-hydrogen) atoms. The van der Waals surface area contributed by atoms with Crippen LogP contribution in [0.15, 0.2) is 72.9 Å². The van der Waals surface area contributed by atoms with Crippen LogP contribution < -0.4 is 0 Å². The molecule has 0 N–H and O–H groups in total. The minimum Gasteiger partial charge on any atom is -0.345 e. The molecule has 3 rings (SSSR count). The van der Waals surface area contributed by atoms with Gasteiger partial charge in [0, 0.05) is 25.0 Å². The lowest BCUT2D eigenvalue weighted by molar-refractivity contribution is -0.131. The van der Waals surface area contributed by atoms with Crippen molar-refractivity contribution in [1.82, 2.24) is 9.47 Å². The molecule has 0 unspecified atom stereocenters. The van der Waals surface area contributed by atoms with Gasteiger partial charge in [-0.3, -0.25) is 4.79 Å². The first-order chi connectivity index (χ1) is 14.2. The van der Waals surface area contributed by atoms with Gasteiger partial charge in [0.2, 0.25) is 5.91 Å². The Balaban J connectivity index is 1.71. The van der Waals surface area contributed by atoms with Crippen molar-refractivity contribution >= 4 is 5.91 Å². The first-order valence-corrected chi connectivity index (χ1v) is 10.4. The van der Waals surface area contributed by atoms with Crippen molar-refractivity contribution in [2.75, 3.05) is 6.54 Å². The van der Waals surface area contributed by atoms with E-state index >= 15 is 0 Å². The summed E-state index contributed by atoms with van der Waals surface area (Å²) in [5.41, 5.74) is 3.20. The summed E-state index contributed by atoms with van der Waals surface area (Å²) < 4.78 is 15.4. The Hall–Kier alpha value is -2.88. The minimum atomic E-state index is -0.278. The maximum atomic E-state index is 13.2. The largest absolute Gasteiger partial charge is 0.345 e. The van der Waals surface area contributed by atoms with Gasteiger partial charge in [-0.1, -0.05) is 62.2 Å². The molecule has 0 aliphatic rings. The molecule has 0 radical (unpaired) electrons. The quantitative estimate of drug-likeness (QED) is 0.422.